The fraction of sp³-hybridized carbons (Fsp3) is 0.515. The molecular formula is C33H43N5O6S. The largest absolute Gasteiger partial charge is 0.481 e. The summed E-state index contributed by atoms with van der Waals surface area (Å²) in [6.45, 7) is 13.6. The lowest BCUT2D eigenvalue weighted by atomic mass is 9.86. The van der Waals surface area contributed by atoms with Crippen molar-refractivity contribution in [1.29, 1.82) is 0 Å². The van der Waals surface area contributed by atoms with Crippen LogP contribution in [0.25, 0.3) is 0 Å². The average molecular weight is 638 g/mol. The minimum absolute atomic E-state index is 0.0216. The Hall–Kier alpha value is -3.77. The molecule has 4 aliphatic rings. The van der Waals surface area contributed by atoms with E-state index in [0.29, 0.717) is 31.3 Å². The number of rotatable bonds is 13. The van der Waals surface area contributed by atoms with E-state index < -0.39 is 22.3 Å². The lowest BCUT2D eigenvalue weighted by molar-refractivity contribution is -0.138. The second-order valence-corrected chi connectivity index (χ2v) is 13.7. The second kappa shape index (κ2) is 11.9. The topological polar surface area (TPSA) is 174 Å². The van der Waals surface area contributed by atoms with Crippen molar-refractivity contribution in [3.8, 4) is 0 Å². The third-order valence-electron chi connectivity index (χ3n) is 10.2. The van der Waals surface area contributed by atoms with E-state index in [-0.39, 0.29) is 42.5 Å². The van der Waals surface area contributed by atoms with Crippen LogP contribution >= 0.6 is 12.6 Å². The van der Waals surface area contributed by atoms with E-state index in [1.807, 2.05) is 27.7 Å². The van der Waals surface area contributed by atoms with E-state index in [9.17, 15) is 29.4 Å². The molecule has 1 aromatic heterocycles. The van der Waals surface area contributed by atoms with Gasteiger partial charge < -0.3 is 25.8 Å². The minimum Gasteiger partial charge on any atom is -0.481 e. The van der Waals surface area contributed by atoms with Crippen LogP contribution in [-0.2, 0) is 38.4 Å². The molecule has 6 N–H and O–H groups in total. The maximum atomic E-state index is 12.8. The van der Waals surface area contributed by atoms with E-state index in [1.165, 1.54) is 0 Å². The van der Waals surface area contributed by atoms with E-state index in [1.54, 1.807) is 6.08 Å². The summed E-state index contributed by atoms with van der Waals surface area (Å²) in [6.07, 6.45) is 5.94. The highest BCUT2D eigenvalue weighted by molar-refractivity contribution is 7.82. The number of hydrogen-bond donors (Lipinski definition) is 7. The number of nitrogens with one attached hydrogen (secondary N) is 4. The van der Waals surface area contributed by atoms with Crippen LogP contribution in [-0.4, -0.2) is 60.4 Å². The number of carbonyl (C=O) groups excluding carboxylic acids is 2. The van der Waals surface area contributed by atoms with Gasteiger partial charge in [-0.1, -0.05) is 26.5 Å². The first kappa shape index (κ1) is 32.6. The summed E-state index contributed by atoms with van der Waals surface area (Å²) in [5, 5.41) is 27.2. The molecule has 12 heteroatoms. The summed E-state index contributed by atoms with van der Waals surface area (Å²) in [7, 11) is 0. The zero-order valence-electron chi connectivity index (χ0n) is 26.5. The molecule has 242 valence electrons. The van der Waals surface area contributed by atoms with Gasteiger partial charge in [-0.05, 0) is 68.4 Å². The van der Waals surface area contributed by atoms with Crippen molar-refractivity contribution in [2.75, 3.05) is 0 Å². The number of fused-ring (bicyclic) bond motifs is 1. The molecule has 1 unspecified atom stereocenters. The first-order chi connectivity index (χ1) is 21.2. The van der Waals surface area contributed by atoms with Crippen molar-refractivity contribution in [3.05, 3.63) is 69.4 Å². The Bertz CT molecular complexity index is 1590. The number of aromatic amines is 1. The molecule has 0 bridgehead atoms. The Labute approximate surface area is 268 Å². The van der Waals surface area contributed by atoms with Crippen molar-refractivity contribution < 1.29 is 29.4 Å². The number of aliphatic carboxylic acids is 2. The summed E-state index contributed by atoms with van der Waals surface area (Å²) < 4.78 is -0.836. The smallest absolute Gasteiger partial charge is 0.303 e. The van der Waals surface area contributed by atoms with E-state index in [0.717, 1.165) is 51.5 Å². The number of hydrogen-bond acceptors (Lipinski definition) is 7. The van der Waals surface area contributed by atoms with Crippen LogP contribution in [0.2, 0.25) is 0 Å². The molecule has 5 heterocycles. The van der Waals surface area contributed by atoms with Crippen molar-refractivity contribution in [2.45, 2.75) is 96.0 Å². The first-order valence-corrected chi connectivity index (χ1v) is 15.9. The van der Waals surface area contributed by atoms with Gasteiger partial charge in [-0.2, -0.15) is 12.6 Å². The number of carbonyl (C=O) groups is 4. The minimum atomic E-state index is -0.894. The summed E-state index contributed by atoms with van der Waals surface area (Å²) in [5.41, 5.74) is 10.8. The van der Waals surface area contributed by atoms with Crippen molar-refractivity contribution in [3.63, 3.8) is 0 Å². The molecule has 2 saturated heterocycles. The molecule has 0 aliphatic carbocycles. The zero-order valence-corrected chi connectivity index (χ0v) is 27.4. The third-order valence-corrected chi connectivity index (χ3v) is 10.7. The predicted molar refractivity (Wildman–Crippen MR) is 172 cm³/mol. The van der Waals surface area contributed by atoms with Crippen LogP contribution in [0, 0.1) is 18.8 Å². The van der Waals surface area contributed by atoms with Gasteiger partial charge >= 0.3 is 11.9 Å². The fourth-order valence-corrected chi connectivity index (χ4v) is 7.81. The number of H-pyrrole nitrogens is 1. The molecule has 0 aromatic carbocycles. The Morgan fingerprint density at radius 1 is 1.11 bits per heavy atom. The fourth-order valence-electron chi connectivity index (χ4n) is 7.43. The Morgan fingerprint density at radius 2 is 1.78 bits per heavy atom. The molecule has 0 saturated carbocycles. The molecule has 4 aliphatic heterocycles. The van der Waals surface area contributed by atoms with Gasteiger partial charge in [0.1, 0.15) is 5.66 Å². The van der Waals surface area contributed by atoms with E-state index >= 15 is 0 Å². The van der Waals surface area contributed by atoms with Gasteiger partial charge in [-0.25, -0.2) is 5.43 Å². The van der Waals surface area contributed by atoms with Crippen LogP contribution in [0.5, 0.6) is 0 Å². The lowest BCUT2D eigenvalue weighted by Gasteiger charge is -2.22. The van der Waals surface area contributed by atoms with E-state index in [4.69, 9.17) is 0 Å². The molecule has 2 fully saturated rings. The Kier molecular flexibility index (Phi) is 8.60. The van der Waals surface area contributed by atoms with Gasteiger partial charge in [0, 0.05) is 65.9 Å². The second-order valence-electron chi connectivity index (χ2n) is 12.8. The van der Waals surface area contributed by atoms with Crippen molar-refractivity contribution in [2.24, 2.45) is 11.8 Å². The summed E-state index contributed by atoms with van der Waals surface area (Å²) in [4.78, 5) is 52.0. The monoisotopic (exact) mass is 637 g/mol. The van der Waals surface area contributed by atoms with Crippen molar-refractivity contribution in [1.82, 2.24) is 26.1 Å². The molecule has 45 heavy (non-hydrogen) atoms. The molecule has 5 atom stereocenters. The molecular weight excluding hydrogens is 594 g/mol. The normalized spacial score (nSPS) is 29.9. The number of carboxylic acids is 2. The average Bonchev–Trinajstić information content (AvgIpc) is 3.33. The molecule has 11 nitrogen and oxygen atoms in total. The number of aromatic nitrogens is 1. The Balaban J connectivity index is 1.50. The molecule has 1 aromatic rings. The van der Waals surface area contributed by atoms with Gasteiger partial charge in [0.2, 0.25) is 5.91 Å². The maximum Gasteiger partial charge on any atom is 0.303 e. The third kappa shape index (κ3) is 5.63. The van der Waals surface area contributed by atoms with Crippen LogP contribution in [0.4, 0.5) is 0 Å². The highest BCUT2D eigenvalue weighted by Gasteiger charge is 2.62. The maximum absolute atomic E-state index is 12.8. The molecule has 0 spiro atoms. The molecule has 0 radical (unpaired) electrons. The number of amides is 2. The highest BCUT2D eigenvalue weighted by Crippen LogP contribution is 2.53. The quantitative estimate of drug-likeness (QED) is 0.127. The summed E-state index contributed by atoms with van der Waals surface area (Å²) in [5.74, 6) is -2.26. The van der Waals surface area contributed by atoms with E-state index in [2.05, 4.69) is 58.3 Å². The van der Waals surface area contributed by atoms with Crippen LogP contribution in [0.1, 0.15) is 75.9 Å². The number of hydrazine groups is 1. The first-order valence-electron chi connectivity index (χ1n) is 15.5. The van der Waals surface area contributed by atoms with Gasteiger partial charge in [0.15, 0.2) is 0 Å². The van der Waals surface area contributed by atoms with Gasteiger partial charge in [0.25, 0.3) is 5.91 Å². The molecule has 2 amide bonds. The van der Waals surface area contributed by atoms with Gasteiger partial charge in [0.05, 0.1) is 10.8 Å². The number of allylic oxidation sites excluding steroid dienone is 2. The van der Waals surface area contributed by atoms with Crippen LogP contribution in [0.15, 0.2) is 46.8 Å². The predicted octanol–water partition coefficient (Wildman–Crippen LogP) is 3.44. The van der Waals surface area contributed by atoms with Crippen LogP contribution in [0.3, 0.4) is 0 Å². The van der Waals surface area contributed by atoms with Crippen LogP contribution < -0.4 is 16.1 Å². The molecule has 5 rings (SSSR count). The van der Waals surface area contributed by atoms with Gasteiger partial charge in [-0.3, -0.25) is 24.2 Å². The van der Waals surface area contributed by atoms with Gasteiger partial charge in [-0.15, -0.1) is 0 Å². The summed E-state index contributed by atoms with van der Waals surface area (Å²) in [6, 6.07) is -0.210. The summed E-state index contributed by atoms with van der Waals surface area (Å²) >= 11 is 4.68. The Morgan fingerprint density at radius 3 is 2.38 bits per heavy atom. The zero-order chi connectivity index (χ0) is 33.0. The standard InChI is InChI=1S/C33H43N5O6S/c1-7-19-16(3)24(35-30(19)43)13-23-17(4)20(9-11-28(39)40)25(34-23)14-27-21(10-12-29(41)42)18(5)33(37-38(27)33)15-26-22(8-2)32(6,45)31(44)36-26/h7,15,18,22,24,34,37,45H,1,8-14H2,2-6H3,(H,35,43)(H,36,44)(H,39,40)(H,41,42)/b26-15-/t18?,22-,24+,32-,33+,38?/m0/s1. The number of thiol groups is 1. The lowest BCUT2D eigenvalue weighted by Crippen LogP contribution is -2.32. The SMILES string of the molecule is C=CC1=C(C)[C@@H](Cc2[nH]c(CC3=C(CCC(=O)O)C(C)[C@]4(/C=C5\NC(=O)[C@@](C)(S)[C@H]5CC)NN34)c(CCC(=O)O)c2C)NC1=O. The number of nitrogens with zero attached hydrogens (tertiary/aromatic N) is 1. The number of carboxylic acid groups (broad SMARTS) is 2. The highest BCUT2D eigenvalue weighted by atomic mass is 32.1. The van der Waals surface area contributed by atoms with Crippen molar-refractivity contribution >= 4 is 36.4 Å².